The number of amides is 2. The third-order valence-corrected chi connectivity index (χ3v) is 6.75. The number of hydrogen-bond donors (Lipinski definition) is 5. The van der Waals surface area contributed by atoms with Gasteiger partial charge in [-0.25, -0.2) is 9.78 Å². The summed E-state index contributed by atoms with van der Waals surface area (Å²) in [6.07, 6.45) is 1.47. The number of ether oxygens (including phenoxy) is 1. The van der Waals surface area contributed by atoms with Gasteiger partial charge in [-0.05, 0) is 44.4 Å². The van der Waals surface area contributed by atoms with Crippen LogP contribution in [0.2, 0.25) is 5.02 Å². The number of fused-ring (bicyclic) bond motifs is 1. The second kappa shape index (κ2) is 12.2. The second-order valence-electron chi connectivity index (χ2n) is 9.72. The molecule has 5 N–H and O–H groups in total. The van der Waals surface area contributed by atoms with E-state index in [0.717, 1.165) is 16.2 Å². The van der Waals surface area contributed by atoms with Gasteiger partial charge in [0.15, 0.2) is 4.96 Å². The first kappa shape index (κ1) is 28.6. The number of nitrogens with zero attached hydrogens (tertiary/aromatic N) is 2. The van der Waals surface area contributed by atoms with Gasteiger partial charge in [0, 0.05) is 42.5 Å². The molecule has 0 unspecified atom stereocenters. The lowest BCUT2D eigenvalue weighted by molar-refractivity contribution is 0.0528. The summed E-state index contributed by atoms with van der Waals surface area (Å²) in [5, 5.41) is 29.7. The Hall–Kier alpha value is -3.42. The number of halogens is 1. The van der Waals surface area contributed by atoms with Crippen LogP contribution in [0, 0.1) is 0 Å². The van der Waals surface area contributed by atoms with Crippen molar-refractivity contribution in [3.05, 3.63) is 70.3 Å². The van der Waals surface area contributed by atoms with Crippen LogP contribution in [0.15, 0.2) is 54.0 Å². The molecule has 0 radical (unpaired) electrons. The van der Waals surface area contributed by atoms with Gasteiger partial charge in [0.2, 0.25) is 0 Å². The molecule has 10 nitrogen and oxygen atoms in total. The normalized spacial score (nSPS) is 11.4. The minimum Gasteiger partial charge on any atom is -0.444 e. The van der Waals surface area contributed by atoms with Crippen molar-refractivity contribution in [3.63, 3.8) is 0 Å². The third-order valence-electron chi connectivity index (χ3n) is 5.55. The zero-order chi connectivity index (χ0) is 28.2. The van der Waals surface area contributed by atoms with Crippen molar-refractivity contribution >= 4 is 58.2 Å². The summed E-state index contributed by atoms with van der Waals surface area (Å²) >= 11 is 7.72. The number of anilines is 1. The molecule has 0 aliphatic heterocycles. The van der Waals surface area contributed by atoms with Crippen molar-refractivity contribution in [1.29, 1.82) is 0 Å². The van der Waals surface area contributed by atoms with Gasteiger partial charge in [-0.3, -0.25) is 9.20 Å². The first-order valence-electron chi connectivity index (χ1n) is 12.2. The largest absolute Gasteiger partial charge is 0.488 e. The van der Waals surface area contributed by atoms with E-state index in [1.165, 1.54) is 29.5 Å². The van der Waals surface area contributed by atoms with E-state index in [1.54, 1.807) is 6.07 Å². The van der Waals surface area contributed by atoms with Crippen LogP contribution in [0.5, 0.6) is 0 Å². The third kappa shape index (κ3) is 7.37. The predicted molar refractivity (Wildman–Crippen MR) is 154 cm³/mol. The highest BCUT2D eigenvalue weighted by molar-refractivity contribution is 7.15. The Morgan fingerprint density at radius 2 is 1.92 bits per heavy atom. The van der Waals surface area contributed by atoms with Crippen molar-refractivity contribution in [1.82, 2.24) is 20.0 Å². The van der Waals surface area contributed by atoms with Gasteiger partial charge in [0.1, 0.15) is 5.60 Å². The standard InChI is InChI=1S/C26H29BClN5O5S/c1-26(2,3)38-25(35)30-11-10-29-13-17-15-39-24-32-22(14-33(17)24)19-6-4-5-7-21(19)31-23(34)18-9-8-16(27(36)37)12-20(18)28/h4-9,12,14-15,29,36-37H,10-11,13H2,1-3H3,(H,30,35)(H,31,34). The fourth-order valence-electron chi connectivity index (χ4n) is 3.75. The molecule has 39 heavy (non-hydrogen) atoms. The van der Waals surface area contributed by atoms with E-state index in [4.69, 9.17) is 21.3 Å². The molecule has 0 aliphatic carbocycles. The van der Waals surface area contributed by atoms with Crippen LogP contribution < -0.4 is 21.4 Å². The lowest BCUT2D eigenvalue weighted by atomic mass is 9.80. The minimum absolute atomic E-state index is 0.108. The molecule has 0 atom stereocenters. The molecule has 2 aromatic heterocycles. The Labute approximate surface area is 235 Å². The van der Waals surface area contributed by atoms with Crippen molar-refractivity contribution in [2.45, 2.75) is 32.9 Å². The lowest BCUT2D eigenvalue weighted by Gasteiger charge is -2.19. The molecular formula is C26H29BClN5O5S. The first-order chi connectivity index (χ1) is 18.5. The van der Waals surface area contributed by atoms with E-state index in [0.29, 0.717) is 31.0 Å². The summed E-state index contributed by atoms with van der Waals surface area (Å²) in [4.78, 5) is 30.3. The summed E-state index contributed by atoms with van der Waals surface area (Å²) in [7, 11) is -1.68. The maximum Gasteiger partial charge on any atom is 0.488 e. The smallest absolute Gasteiger partial charge is 0.444 e. The molecule has 0 fully saturated rings. The van der Waals surface area contributed by atoms with Crippen LogP contribution in [-0.4, -0.2) is 57.2 Å². The van der Waals surface area contributed by atoms with Crippen molar-refractivity contribution in [3.8, 4) is 11.3 Å². The fraction of sp³-hybridized carbons (Fsp3) is 0.269. The van der Waals surface area contributed by atoms with Gasteiger partial charge in [0.05, 0.1) is 22.0 Å². The van der Waals surface area contributed by atoms with Crippen LogP contribution in [0.3, 0.4) is 0 Å². The Balaban J connectivity index is 1.42. The maximum absolute atomic E-state index is 13.0. The summed E-state index contributed by atoms with van der Waals surface area (Å²) < 4.78 is 7.22. The molecule has 0 spiro atoms. The number of carbonyl (C=O) groups is 2. The molecule has 2 aromatic carbocycles. The fourth-order valence-corrected chi connectivity index (χ4v) is 4.90. The summed E-state index contributed by atoms with van der Waals surface area (Å²) in [5.74, 6) is -0.433. The van der Waals surface area contributed by atoms with E-state index >= 15 is 0 Å². The molecule has 2 amide bonds. The highest BCUT2D eigenvalue weighted by Gasteiger charge is 2.19. The van der Waals surface area contributed by atoms with Crippen LogP contribution >= 0.6 is 22.9 Å². The highest BCUT2D eigenvalue weighted by Crippen LogP contribution is 2.30. The van der Waals surface area contributed by atoms with Gasteiger partial charge in [-0.1, -0.05) is 35.9 Å². The SMILES string of the molecule is CC(C)(C)OC(=O)NCCNCc1csc2nc(-c3ccccc3NC(=O)c3ccc(B(O)O)cc3Cl)cn12. The number of hydrogen-bond acceptors (Lipinski definition) is 8. The van der Waals surface area contributed by atoms with Crippen molar-refractivity contribution < 1.29 is 24.4 Å². The number of imidazole rings is 1. The van der Waals surface area contributed by atoms with Gasteiger partial charge >= 0.3 is 13.2 Å². The zero-order valence-electron chi connectivity index (χ0n) is 21.7. The monoisotopic (exact) mass is 569 g/mol. The molecule has 0 saturated carbocycles. The van der Waals surface area contributed by atoms with Gasteiger partial charge in [-0.2, -0.15) is 0 Å². The minimum atomic E-state index is -1.68. The Kier molecular flexibility index (Phi) is 8.93. The van der Waals surface area contributed by atoms with Gasteiger partial charge < -0.3 is 30.7 Å². The van der Waals surface area contributed by atoms with E-state index in [9.17, 15) is 19.6 Å². The van der Waals surface area contributed by atoms with Crippen molar-refractivity contribution in [2.24, 2.45) is 0 Å². The molecule has 4 aromatic rings. The maximum atomic E-state index is 13.0. The Bertz CT molecular complexity index is 1480. The average molecular weight is 570 g/mol. The van der Waals surface area contributed by atoms with Gasteiger partial charge in [-0.15, -0.1) is 11.3 Å². The topological polar surface area (TPSA) is 137 Å². The van der Waals surface area contributed by atoms with E-state index in [-0.39, 0.29) is 16.0 Å². The number of carbonyl (C=O) groups excluding carboxylic acids is 2. The number of alkyl carbamates (subject to hydrolysis) is 1. The van der Waals surface area contributed by atoms with Crippen molar-refractivity contribution in [2.75, 3.05) is 18.4 Å². The van der Waals surface area contributed by atoms with E-state index < -0.39 is 24.7 Å². The molecule has 13 heteroatoms. The second-order valence-corrected chi connectivity index (χ2v) is 11.0. The van der Waals surface area contributed by atoms with Crippen LogP contribution in [0.1, 0.15) is 36.8 Å². The average Bonchev–Trinajstić information content (AvgIpc) is 3.44. The number of nitrogens with one attached hydrogen (secondary N) is 3. The molecule has 204 valence electrons. The molecule has 4 rings (SSSR count). The van der Waals surface area contributed by atoms with Crippen LogP contribution in [0.25, 0.3) is 16.2 Å². The highest BCUT2D eigenvalue weighted by atomic mass is 35.5. The number of thiazole rings is 1. The van der Waals surface area contributed by atoms with Crippen LogP contribution in [0.4, 0.5) is 10.5 Å². The molecule has 0 aliphatic rings. The Morgan fingerprint density at radius 3 is 2.64 bits per heavy atom. The molecular weight excluding hydrogens is 541 g/mol. The van der Waals surface area contributed by atoms with E-state index in [2.05, 4.69) is 16.0 Å². The summed E-state index contributed by atoms with van der Waals surface area (Å²) in [5.41, 5.74) is 2.85. The molecule has 0 saturated heterocycles. The summed E-state index contributed by atoms with van der Waals surface area (Å²) in [6, 6.07) is 11.6. The van der Waals surface area contributed by atoms with Gasteiger partial charge in [0.25, 0.3) is 5.91 Å². The first-order valence-corrected chi connectivity index (χ1v) is 13.5. The molecule has 2 heterocycles. The quantitative estimate of drug-likeness (QED) is 0.154. The lowest BCUT2D eigenvalue weighted by Crippen LogP contribution is -2.36. The number of benzene rings is 2. The van der Waals surface area contributed by atoms with Crippen LogP contribution in [-0.2, 0) is 11.3 Å². The number of para-hydroxylation sites is 1. The van der Waals surface area contributed by atoms with E-state index in [1.807, 2.05) is 54.9 Å². The summed E-state index contributed by atoms with van der Waals surface area (Å²) in [6.45, 7) is 7.02. The predicted octanol–water partition coefficient (Wildman–Crippen LogP) is 3.26. The number of aromatic nitrogens is 2. The number of rotatable bonds is 9. The zero-order valence-corrected chi connectivity index (χ0v) is 23.3. The molecule has 0 bridgehead atoms. The Morgan fingerprint density at radius 1 is 1.15 bits per heavy atom.